The molecule has 0 N–H and O–H groups in total. The van der Waals surface area contributed by atoms with E-state index >= 15 is 0 Å². The number of ether oxygens (including phenoxy) is 3. The van der Waals surface area contributed by atoms with Gasteiger partial charge in [0.1, 0.15) is 13.2 Å². The van der Waals surface area contributed by atoms with Gasteiger partial charge in [0, 0.05) is 19.3 Å². The van der Waals surface area contributed by atoms with E-state index in [9.17, 15) is 14.4 Å². The lowest BCUT2D eigenvalue weighted by atomic mass is 10.0. The van der Waals surface area contributed by atoms with Crippen molar-refractivity contribution >= 4 is 17.9 Å². The van der Waals surface area contributed by atoms with Crippen LogP contribution in [0.3, 0.4) is 0 Å². The molecule has 0 aliphatic rings. The quantitative estimate of drug-likeness (QED) is 0.0344. The molecule has 0 saturated carbocycles. The van der Waals surface area contributed by atoms with Crippen molar-refractivity contribution in [2.24, 2.45) is 11.8 Å². The zero-order valence-corrected chi connectivity index (χ0v) is 44.6. The highest BCUT2D eigenvalue weighted by molar-refractivity contribution is 5.71. The van der Waals surface area contributed by atoms with E-state index in [0.717, 1.165) is 69.6 Å². The molecule has 0 saturated heterocycles. The van der Waals surface area contributed by atoms with Crippen LogP contribution < -0.4 is 0 Å². The highest BCUT2D eigenvalue weighted by Crippen LogP contribution is 2.18. The predicted octanol–water partition coefficient (Wildman–Crippen LogP) is 19.3. The minimum Gasteiger partial charge on any atom is -0.462 e. The average Bonchev–Trinajstić information content (AvgIpc) is 3.28. The summed E-state index contributed by atoms with van der Waals surface area (Å²) in [6.45, 7) is 11.4. The van der Waals surface area contributed by atoms with Crippen molar-refractivity contribution in [2.75, 3.05) is 13.2 Å². The van der Waals surface area contributed by atoms with Crippen LogP contribution in [0.2, 0.25) is 0 Å². The Morgan fingerprint density at radius 2 is 0.508 bits per heavy atom. The fraction of sp³-hybridized carbons (Fsp3) is 0.949. The van der Waals surface area contributed by atoms with E-state index in [1.807, 2.05) is 0 Å². The summed E-state index contributed by atoms with van der Waals surface area (Å²) in [5, 5.41) is 0. The first kappa shape index (κ1) is 63.4. The van der Waals surface area contributed by atoms with Crippen LogP contribution in [0.15, 0.2) is 0 Å². The van der Waals surface area contributed by atoms with Gasteiger partial charge in [0.2, 0.25) is 0 Å². The maximum atomic E-state index is 12.9. The van der Waals surface area contributed by atoms with Crippen LogP contribution in [0.1, 0.15) is 330 Å². The minimum atomic E-state index is -0.763. The normalized spacial score (nSPS) is 12.0. The van der Waals surface area contributed by atoms with Gasteiger partial charge in [-0.15, -0.1) is 0 Å². The lowest BCUT2D eigenvalue weighted by Crippen LogP contribution is -2.30. The Morgan fingerprint density at radius 1 is 0.292 bits per heavy atom. The van der Waals surface area contributed by atoms with E-state index in [2.05, 4.69) is 34.6 Å². The second-order valence-corrected chi connectivity index (χ2v) is 21.2. The molecule has 0 aliphatic carbocycles. The first-order chi connectivity index (χ1) is 31.7. The van der Waals surface area contributed by atoms with Crippen molar-refractivity contribution in [1.82, 2.24) is 0 Å². The zero-order chi connectivity index (χ0) is 47.5. The Hall–Kier alpha value is -1.59. The van der Waals surface area contributed by atoms with Gasteiger partial charge in [-0.3, -0.25) is 14.4 Å². The monoisotopic (exact) mass is 919 g/mol. The third-order valence-corrected chi connectivity index (χ3v) is 13.5. The maximum absolute atomic E-state index is 12.9. The number of esters is 3. The van der Waals surface area contributed by atoms with Crippen molar-refractivity contribution in [2.45, 2.75) is 336 Å². The highest BCUT2D eigenvalue weighted by atomic mass is 16.6. The molecule has 0 rings (SSSR count). The molecule has 0 unspecified atom stereocenters. The Kier molecular flexibility index (Phi) is 50.5. The molecule has 6 heteroatoms. The third kappa shape index (κ3) is 53.2. The second-order valence-electron chi connectivity index (χ2n) is 21.2. The van der Waals surface area contributed by atoms with Crippen molar-refractivity contribution < 1.29 is 28.6 Å². The number of hydrogen-bond donors (Lipinski definition) is 0. The molecule has 0 aliphatic heterocycles. The first-order valence-electron chi connectivity index (χ1n) is 29.2. The molecular weight excluding hydrogens is 805 g/mol. The number of hydrogen-bond acceptors (Lipinski definition) is 6. The Bertz CT molecular complexity index is 993. The second kappa shape index (κ2) is 51.8. The molecule has 6 nitrogen and oxygen atoms in total. The molecule has 65 heavy (non-hydrogen) atoms. The largest absolute Gasteiger partial charge is 0.462 e. The van der Waals surface area contributed by atoms with Gasteiger partial charge in [-0.1, -0.05) is 291 Å². The van der Waals surface area contributed by atoms with E-state index in [-0.39, 0.29) is 31.1 Å². The molecule has 0 aromatic heterocycles. The molecule has 0 bridgehead atoms. The van der Waals surface area contributed by atoms with E-state index in [1.165, 1.54) is 218 Å². The number of carbonyl (C=O) groups is 3. The maximum Gasteiger partial charge on any atom is 0.306 e. The highest BCUT2D eigenvalue weighted by Gasteiger charge is 2.19. The van der Waals surface area contributed by atoms with E-state index in [4.69, 9.17) is 14.2 Å². The fourth-order valence-electron chi connectivity index (χ4n) is 9.05. The van der Waals surface area contributed by atoms with Gasteiger partial charge in [0.05, 0.1) is 0 Å². The van der Waals surface area contributed by atoms with Crippen LogP contribution in [0.25, 0.3) is 0 Å². The minimum absolute atomic E-state index is 0.0628. The summed E-state index contributed by atoms with van der Waals surface area (Å²) in [7, 11) is 0. The molecule has 0 radical (unpaired) electrons. The van der Waals surface area contributed by atoms with Crippen LogP contribution in [0.5, 0.6) is 0 Å². The van der Waals surface area contributed by atoms with Crippen LogP contribution >= 0.6 is 0 Å². The SMILES string of the molecule is CCCCCCCCCCCCCCCCCCCCC(=O)O[C@H](COC(=O)CCCCCCCCCCCCCCC(C)C)COC(=O)CCCCCCCCCCCCCC(C)C. The summed E-state index contributed by atoms with van der Waals surface area (Å²) in [4.78, 5) is 38.2. The number of rotatable bonds is 53. The van der Waals surface area contributed by atoms with E-state index < -0.39 is 6.10 Å². The summed E-state index contributed by atoms with van der Waals surface area (Å²) in [5.74, 6) is 0.822. The molecule has 0 aromatic rings. The van der Waals surface area contributed by atoms with Crippen LogP contribution in [0.4, 0.5) is 0 Å². The molecule has 0 fully saturated rings. The van der Waals surface area contributed by atoms with Gasteiger partial charge in [-0.2, -0.15) is 0 Å². The van der Waals surface area contributed by atoms with Crippen LogP contribution in [-0.4, -0.2) is 37.2 Å². The zero-order valence-electron chi connectivity index (χ0n) is 44.6. The standard InChI is InChI=1S/C59H114O6/c1-6-7-8-9-10-11-12-13-14-15-16-17-18-25-31-36-41-46-51-59(62)65-56(53-64-58(61)50-45-40-35-30-26-21-23-28-33-38-43-48-55(4)5)52-63-57(60)49-44-39-34-29-24-20-19-22-27-32-37-42-47-54(2)3/h54-56H,6-53H2,1-5H3/t56-/m1/s1. The first-order valence-corrected chi connectivity index (χ1v) is 29.2. The van der Waals surface area contributed by atoms with Gasteiger partial charge in [-0.25, -0.2) is 0 Å². The topological polar surface area (TPSA) is 78.9 Å². The van der Waals surface area contributed by atoms with Crippen LogP contribution in [-0.2, 0) is 28.6 Å². The van der Waals surface area contributed by atoms with Gasteiger partial charge in [0.25, 0.3) is 0 Å². The predicted molar refractivity (Wildman–Crippen MR) is 280 cm³/mol. The molecular formula is C59H114O6. The summed E-state index contributed by atoms with van der Waals surface area (Å²) >= 11 is 0. The van der Waals surface area contributed by atoms with Crippen molar-refractivity contribution in [3.8, 4) is 0 Å². The Labute approximate surface area is 406 Å². The van der Waals surface area contributed by atoms with Crippen LogP contribution in [0, 0.1) is 11.8 Å². The average molecular weight is 920 g/mol. The summed E-state index contributed by atoms with van der Waals surface area (Å²) in [5.41, 5.74) is 0. The Balaban J connectivity index is 4.30. The summed E-state index contributed by atoms with van der Waals surface area (Å²) < 4.78 is 16.9. The van der Waals surface area contributed by atoms with Gasteiger partial charge in [0.15, 0.2) is 6.10 Å². The van der Waals surface area contributed by atoms with Crippen molar-refractivity contribution in [1.29, 1.82) is 0 Å². The summed E-state index contributed by atoms with van der Waals surface area (Å²) in [6, 6.07) is 0. The van der Waals surface area contributed by atoms with E-state index in [0.29, 0.717) is 19.3 Å². The fourth-order valence-corrected chi connectivity index (χ4v) is 9.05. The molecule has 0 spiro atoms. The molecule has 0 amide bonds. The van der Waals surface area contributed by atoms with Crippen molar-refractivity contribution in [3.05, 3.63) is 0 Å². The lowest BCUT2D eigenvalue weighted by Gasteiger charge is -2.18. The third-order valence-electron chi connectivity index (χ3n) is 13.5. The smallest absolute Gasteiger partial charge is 0.306 e. The number of unbranched alkanes of at least 4 members (excludes halogenated alkanes) is 38. The van der Waals surface area contributed by atoms with Gasteiger partial charge < -0.3 is 14.2 Å². The van der Waals surface area contributed by atoms with Gasteiger partial charge in [-0.05, 0) is 31.1 Å². The Morgan fingerprint density at radius 3 is 0.754 bits per heavy atom. The molecule has 1 atom stereocenters. The molecule has 386 valence electrons. The molecule has 0 aromatic carbocycles. The summed E-state index contributed by atoms with van der Waals surface area (Å²) in [6.07, 6.45) is 55.2. The van der Waals surface area contributed by atoms with Crippen molar-refractivity contribution in [3.63, 3.8) is 0 Å². The number of carbonyl (C=O) groups excluding carboxylic acids is 3. The van der Waals surface area contributed by atoms with E-state index in [1.54, 1.807) is 0 Å². The van der Waals surface area contributed by atoms with Gasteiger partial charge >= 0.3 is 17.9 Å². The molecule has 0 heterocycles. The lowest BCUT2D eigenvalue weighted by molar-refractivity contribution is -0.167.